The lowest BCUT2D eigenvalue weighted by atomic mass is 10.00. The average Bonchev–Trinajstić information content (AvgIpc) is 2.85. The van der Waals surface area contributed by atoms with E-state index >= 15 is 0 Å². The fourth-order valence-corrected chi connectivity index (χ4v) is 3.99. The highest BCUT2D eigenvalue weighted by Gasteiger charge is 2.20. The number of aryl methyl sites for hydroxylation is 1. The highest BCUT2D eigenvalue weighted by atomic mass is 32.1. The van der Waals surface area contributed by atoms with Gasteiger partial charge >= 0.3 is 0 Å². The van der Waals surface area contributed by atoms with Gasteiger partial charge in [-0.3, -0.25) is 14.7 Å². The van der Waals surface area contributed by atoms with Crippen molar-refractivity contribution >= 4 is 22.4 Å². The molecule has 134 valence electrons. The van der Waals surface area contributed by atoms with Gasteiger partial charge in [0.1, 0.15) is 0 Å². The Bertz CT molecular complexity index is 719. The van der Waals surface area contributed by atoms with Gasteiger partial charge in [-0.1, -0.05) is 0 Å². The van der Waals surface area contributed by atoms with Crippen LogP contribution in [0, 0.1) is 12.8 Å². The predicted molar refractivity (Wildman–Crippen MR) is 98.7 cm³/mol. The minimum absolute atomic E-state index is 0.0863. The highest BCUT2D eigenvalue weighted by Crippen LogP contribution is 2.22. The van der Waals surface area contributed by atoms with Crippen molar-refractivity contribution in [2.75, 3.05) is 31.6 Å². The number of anilines is 1. The average molecular weight is 360 g/mol. The maximum atomic E-state index is 11.1. The summed E-state index contributed by atoms with van der Waals surface area (Å²) in [6, 6.07) is 4.24. The first-order valence-corrected chi connectivity index (χ1v) is 9.34. The molecule has 0 spiro atoms. The zero-order chi connectivity index (χ0) is 17.6. The van der Waals surface area contributed by atoms with E-state index in [9.17, 15) is 4.79 Å². The van der Waals surface area contributed by atoms with Crippen LogP contribution in [-0.2, 0) is 22.5 Å². The van der Waals surface area contributed by atoms with Crippen LogP contribution in [0.1, 0.15) is 23.1 Å². The number of amides is 1. The minimum atomic E-state index is -0.0863. The van der Waals surface area contributed by atoms with Crippen LogP contribution >= 0.6 is 11.3 Å². The molecule has 6 nitrogen and oxygen atoms in total. The highest BCUT2D eigenvalue weighted by molar-refractivity contribution is 7.15. The Morgan fingerprint density at radius 3 is 3.16 bits per heavy atom. The molecule has 2 aromatic heterocycles. The lowest BCUT2D eigenvalue weighted by Gasteiger charge is -2.22. The molecule has 3 heterocycles. The van der Waals surface area contributed by atoms with Gasteiger partial charge in [-0.15, -0.1) is 11.3 Å². The number of hydrogen-bond donors (Lipinski definition) is 1. The van der Waals surface area contributed by atoms with Gasteiger partial charge < -0.3 is 10.1 Å². The van der Waals surface area contributed by atoms with E-state index in [0.717, 1.165) is 49.8 Å². The van der Waals surface area contributed by atoms with Crippen LogP contribution in [-0.4, -0.2) is 47.1 Å². The topological polar surface area (TPSA) is 67.4 Å². The second kappa shape index (κ2) is 8.51. The fraction of sp³-hybridized carbons (Fsp3) is 0.500. The van der Waals surface area contributed by atoms with Crippen molar-refractivity contribution in [1.29, 1.82) is 0 Å². The Hall–Kier alpha value is -1.83. The molecular weight excluding hydrogens is 336 g/mol. The minimum Gasteiger partial charge on any atom is -0.380 e. The van der Waals surface area contributed by atoms with E-state index < -0.39 is 0 Å². The van der Waals surface area contributed by atoms with Gasteiger partial charge in [0, 0.05) is 49.5 Å². The van der Waals surface area contributed by atoms with E-state index in [0.29, 0.717) is 11.0 Å². The Morgan fingerprint density at radius 1 is 1.48 bits per heavy atom. The molecule has 0 bridgehead atoms. The van der Waals surface area contributed by atoms with Crippen LogP contribution in [0.25, 0.3) is 0 Å². The van der Waals surface area contributed by atoms with Gasteiger partial charge in [-0.2, -0.15) is 0 Å². The summed E-state index contributed by atoms with van der Waals surface area (Å²) in [5.41, 5.74) is 2.37. The molecule has 0 saturated carbocycles. The summed E-state index contributed by atoms with van der Waals surface area (Å²) >= 11 is 1.54. The maximum Gasteiger partial charge on any atom is 0.223 e. The van der Waals surface area contributed by atoms with E-state index in [-0.39, 0.29) is 5.91 Å². The first kappa shape index (κ1) is 18.0. The second-order valence-electron chi connectivity index (χ2n) is 6.50. The number of aromatic nitrogens is 2. The van der Waals surface area contributed by atoms with Crippen LogP contribution in [0.3, 0.4) is 0 Å². The molecule has 1 atom stereocenters. The monoisotopic (exact) mass is 360 g/mol. The van der Waals surface area contributed by atoms with Crippen LogP contribution < -0.4 is 5.32 Å². The molecule has 0 unspecified atom stereocenters. The predicted octanol–water partition coefficient (Wildman–Crippen LogP) is 2.50. The van der Waals surface area contributed by atoms with Crippen LogP contribution in [0.2, 0.25) is 0 Å². The van der Waals surface area contributed by atoms with Crippen LogP contribution in [0.5, 0.6) is 0 Å². The first-order chi connectivity index (χ1) is 12.1. The summed E-state index contributed by atoms with van der Waals surface area (Å²) in [5, 5.41) is 3.41. The molecule has 25 heavy (non-hydrogen) atoms. The van der Waals surface area contributed by atoms with Gasteiger partial charge in [0.25, 0.3) is 0 Å². The lowest BCUT2D eigenvalue weighted by molar-refractivity contribution is -0.114. The van der Waals surface area contributed by atoms with Crippen molar-refractivity contribution < 1.29 is 9.53 Å². The standard InChI is InChI=1S/C18H24N4O2S/c1-13-7-15(3-4-19-13)8-16-10-22(5-6-24-12-16)11-17-9-20-18(25-17)21-14(2)23/h3-4,7,9,16H,5-6,8,10-12H2,1-2H3,(H,20,21,23)/t16-/m1/s1. The van der Waals surface area contributed by atoms with Crippen molar-refractivity contribution in [1.82, 2.24) is 14.9 Å². The first-order valence-electron chi connectivity index (χ1n) is 8.52. The van der Waals surface area contributed by atoms with E-state index in [1.54, 1.807) is 0 Å². The Balaban J connectivity index is 1.59. The number of nitrogens with one attached hydrogen (secondary N) is 1. The molecule has 1 fully saturated rings. The van der Waals surface area contributed by atoms with E-state index in [2.05, 4.69) is 32.3 Å². The van der Waals surface area contributed by atoms with Crippen molar-refractivity contribution in [2.45, 2.75) is 26.8 Å². The Morgan fingerprint density at radius 2 is 2.36 bits per heavy atom. The smallest absolute Gasteiger partial charge is 0.223 e. The molecule has 1 amide bonds. The Labute approximate surface area is 152 Å². The molecular formula is C18H24N4O2S. The Kier molecular flexibility index (Phi) is 6.12. The molecule has 0 aromatic carbocycles. The number of thiazole rings is 1. The summed E-state index contributed by atoms with van der Waals surface area (Å²) in [6.45, 7) is 7.82. The zero-order valence-electron chi connectivity index (χ0n) is 14.7. The van der Waals surface area contributed by atoms with Gasteiger partial charge in [0.2, 0.25) is 5.91 Å². The number of pyridine rings is 1. The third-order valence-corrected chi connectivity index (χ3v) is 5.02. The van der Waals surface area contributed by atoms with Crippen LogP contribution in [0.15, 0.2) is 24.5 Å². The van der Waals surface area contributed by atoms with Crippen molar-refractivity contribution in [3.05, 3.63) is 40.7 Å². The second-order valence-corrected chi connectivity index (χ2v) is 7.61. The summed E-state index contributed by atoms with van der Waals surface area (Å²) in [6.07, 6.45) is 4.73. The maximum absolute atomic E-state index is 11.1. The fourth-order valence-electron chi connectivity index (χ4n) is 3.09. The molecule has 2 aromatic rings. The lowest BCUT2D eigenvalue weighted by Crippen LogP contribution is -2.30. The summed E-state index contributed by atoms with van der Waals surface area (Å²) in [7, 11) is 0. The normalized spacial score (nSPS) is 18.7. The number of carbonyl (C=O) groups excluding carboxylic acids is 1. The van der Waals surface area contributed by atoms with Crippen LogP contribution in [0.4, 0.5) is 5.13 Å². The number of rotatable bonds is 5. The van der Waals surface area contributed by atoms with E-state index in [4.69, 9.17) is 4.74 Å². The summed E-state index contributed by atoms with van der Waals surface area (Å²) < 4.78 is 5.81. The SMILES string of the molecule is CC(=O)Nc1ncc(CN2CCOC[C@H](Cc3ccnc(C)c3)C2)s1. The third kappa shape index (κ3) is 5.59. The summed E-state index contributed by atoms with van der Waals surface area (Å²) in [5.74, 6) is 0.379. The van der Waals surface area contributed by atoms with Crippen molar-refractivity contribution in [3.63, 3.8) is 0 Å². The van der Waals surface area contributed by atoms with Gasteiger partial charge in [-0.05, 0) is 37.0 Å². The largest absolute Gasteiger partial charge is 0.380 e. The molecule has 1 saturated heterocycles. The van der Waals surface area contributed by atoms with E-state index in [1.165, 1.54) is 23.8 Å². The molecule has 3 rings (SSSR count). The van der Waals surface area contributed by atoms with Gasteiger partial charge in [-0.25, -0.2) is 4.98 Å². The van der Waals surface area contributed by atoms with Crippen molar-refractivity contribution in [3.8, 4) is 0 Å². The number of hydrogen-bond acceptors (Lipinski definition) is 6. The summed E-state index contributed by atoms with van der Waals surface area (Å²) in [4.78, 5) is 23.2. The third-order valence-electron chi connectivity index (χ3n) is 4.12. The number of nitrogens with zero attached hydrogens (tertiary/aromatic N) is 3. The van der Waals surface area contributed by atoms with E-state index in [1.807, 2.05) is 19.3 Å². The quantitative estimate of drug-likeness (QED) is 0.887. The number of carbonyl (C=O) groups is 1. The number of ether oxygens (including phenoxy) is 1. The zero-order valence-corrected chi connectivity index (χ0v) is 15.5. The molecule has 1 aliphatic heterocycles. The molecule has 0 radical (unpaired) electrons. The molecule has 1 aliphatic rings. The molecule has 1 N–H and O–H groups in total. The molecule has 7 heteroatoms. The van der Waals surface area contributed by atoms with Gasteiger partial charge in [0.15, 0.2) is 5.13 Å². The van der Waals surface area contributed by atoms with Crippen molar-refractivity contribution in [2.24, 2.45) is 5.92 Å². The van der Waals surface area contributed by atoms with Gasteiger partial charge in [0.05, 0.1) is 13.2 Å². The molecule has 0 aliphatic carbocycles.